The lowest BCUT2D eigenvalue weighted by molar-refractivity contribution is 0.0441. The van der Waals surface area contributed by atoms with Crippen LogP contribution in [0.15, 0.2) is 24.3 Å². The molecule has 0 amide bonds. The van der Waals surface area contributed by atoms with Gasteiger partial charge in [0.2, 0.25) is 0 Å². The van der Waals surface area contributed by atoms with Crippen LogP contribution in [0.2, 0.25) is 0 Å². The van der Waals surface area contributed by atoms with Crippen LogP contribution in [0.3, 0.4) is 0 Å². The summed E-state index contributed by atoms with van der Waals surface area (Å²) in [4.78, 5) is 11.8. The Bertz CT molecular complexity index is 368. The second kappa shape index (κ2) is 4.74. The summed E-state index contributed by atoms with van der Waals surface area (Å²) in [7, 11) is 0. The molecular weight excluding hydrogens is 207 g/mol. The predicted molar refractivity (Wildman–Crippen MR) is 58.9 cm³/mol. The van der Waals surface area contributed by atoms with Gasteiger partial charge in [0.05, 0.1) is 6.61 Å². The summed E-state index contributed by atoms with van der Waals surface area (Å²) in [6.45, 7) is 2.40. The van der Waals surface area contributed by atoms with E-state index >= 15 is 0 Å². The summed E-state index contributed by atoms with van der Waals surface area (Å²) < 4.78 is 18.1. The zero-order valence-electron chi connectivity index (χ0n) is 9.28. The van der Waals surface area contributed by atoms with Crippen molar-refractivity contribution in [2.75, 3.05) is 6.61 Å². The van der Waals surface area contributed by atoms with Gasteiger partial charge in [-0.05, 0) is 49.9 Å². The summed E-state index contributed by atoms with van der Waals surface area (Å²) in [6.07, 6.45) is 1.97. The number of hydrogen-bond acceptors (Lipinski definition) is 2. The molecule has 0 saturated heterocycles. The van der Waals surface area contributed by atoms with Gasteiger partial charge in [-0.2, -0.15) is 0 Å². The van der Waals surface area contributed by atoms with Crippen molar-refractivity contribution in [2.24, 2.45) is 5.92 Å². The van der Waals surface area contributed by atoms with Crippen LogP contribution in [0.5, 0.6) is 0 Å². The molecule has 1 aliphatic rings. The van der Waals surface area contributed by atoms with Gasteiger partial charge in [0.15, 0.2) is 5.78 Å². The largest absolute Gasteiger partial charge is 0.370 e. The van der Waals surface area contributed by atoms with Crippen LogP contribution in [0, 0.1) is 11.7 Å². The van der Waals surface area contributed by atoms with Crippen molar-refractivity contribution in [1.29, 1.82) is 0 Å². The van der Waals surface area contributed by atoms with E-state index in [4.69, 9.17) is 4.74 Å². The Hall–Kier alpha value is -1.22. The average Bonchev–Trinajstić information content (AvgIpc) is 3.10. The normalized spacial score (nSPS) is 17.1. The van der Waals surface area contributed by atoms with Gasteiger partial charge < -0.3 is 4.74 Å². The first-order chi connectivity index (χ1) is 7.66. The van der Waals surface area contributed by atoms with E-state index in [1.165, 1.54) is 37.1 Å². The number of carbonyl (C=O) groups is 1. The van der Waals surface area contributed by atoms with Gasteiger partial charge in [-0.25, -0.2) is 4.39 Å². The second-order valence-corrected chi connectivity index (χ2v) is 4.29. The molecule has 1 aliphatic carbocycles. The fourth-order valence-corrected chi connectivity index (χ4v) is 1.49. The van der Waals surface area contributed by atoms with Crippen molar-refractivity contribution in [1.82, 2.24) is 0 Å². The van der Waals surface area contributed by atoms with Crippen molar-refractivity contribution in [3.63, 3.8) is 0 Å². The van der Waals surface area contributed by atoms with E-state index in [-0.39, 0.29) is 11.6 Å². The summed E-state index contributed by atoms with van der Waals surface area (Å²) in [5.74, 6) is 0.229. The third-order valence-corrected chi connectivity index (χ3v) is 2.78. The Kier molecular flexibility index (Phi) is 3.34. The highest BCUT2D eigenvalue weighted by atomic mass is 19.1. The first-order valence-corrected chi connectivity index (χ1v) is 5.58. The Morgan fingerprint density at radius 1 is 1.44 bits per heavy atom. The van der Waals surface area contributed by atoms with E-state index in [0.29, 0.717) is 18.1 Å². The molecule has 1 unspecified atom stereocenters. The summed E-state index contributed by atoms with van der Waals surface area (Å²) in [5, 5.41) is 0. The lowest BCUT2D eigenvalue weighted by Crippen LogP contribution is -2.21. The Balaban J connectivity index is 1.91. The van der Waals surface area contributed by atoms with E-state index in [2.05, 4.69) is 0 Å². The zero-order valence-corrected chi connectivity index (χ0v) is 9.28. The molecule has 0 aromatic heterocycles. The van der Waals surface area contributed by atoms with Gasteiger partial charge in [0, 0.05) is 5.56 Å². The van der Waals surface area contributed by atoms with Crippen LogP contribution in [0.4, 0.5) is 4.39 Å². The molecule has 0 aliphatic heterocycles. The maximum atomic E-state index is 12.7. The molecule has 0 N–H and O–H groups in total. The van der Waals surface area contributed by atoms with E-state index in [9.17, 15) is 9.18 Å². The van der Waals surface area contributed by atoms with Crippen LogP contribution in [-0.2, 0) is 4.74 Å². The van der Waals surface area contributed by atoms with Crippen LogP contribution < -0.4 is 0 Å². The van der Waals surface area contributed by atoms with Gasteiger partial charge in [0.25, 0.3) is 0 Å². The highest BCUT2D eigenvalue weighted by Crippen LogP contribution is 2.29. The number of halogens is 1. The number of ether oxygens (including phenoxy) is 1. The van der Waals surface area contributed by atoms with E-state index in [1.54, 1.807) is 6.92 Å². The highest BCUT2D eigenvalue weighted by molar-refractivity contribution is 5.99. The van der Waals surface area contributed by atoms with Crippen molar-refractivity contribution >= 4 is 5.78 Å². The van der Waals surface area contributed by atoms with Crippen LogP contribution >= 0.6 is 0 Å². The molecule has 1 atom stereocenters. The molecule has 1 aromatic rings. The number of Topliss-reactive ketones (excluding diaryl/α,β-unsaturated/α-hetero) is 1. The molecule has 0 spiro atoms. The first kappa shape index (κ1) is 11.3. The molecule has 3 heteroatoms. The third-order valence-electron chi connectivity index (χ3n) is 2.78. The second-order valence-electron chi connectivity index (χ2n) is 4.29. The molecule has 1 fully saturated rings. The molecule has 2 nitrogen and oxygen atoms in total. The van der Waals surface area contributed by atoms with Crippen LogP contribution in [0.1, 0.15) is 30.1 Å². The summed E-state index contributed by atoms with van der Waals surface area (Å²) >= 11 is 0. The highest BCUT2D eigenvalue weighted by Gasteiger charge is 2.24. The lowest BCUT2D eigenvalue weighted by atomic mass is 10.1. The first-order valence-electron chi connectivity index (χ1n) is 5.58. The fraction of sp³-hybridized carbons (Fsp3) is 0.462. The molecule has 0 bridgehead atoms. The van der Waals surface area contributed by atoms with Gasteiger partial charge in [-0.3, -0.25) is 4.79 Å². The van der Waals surface area contributed by atoms with E-state index in [0.717, 1.165) is 0 Å². The minimum Gasteiger partial charge on any atom is -0.370 e. The molecular formula is C13H15FO2. The van der Waals surface area contributed by atoms with Gasteiger partial charge >= 0.3 is 0 Å². The maximum Gasteiger partial charge on any atom is 0.191 e. The fourth-order valence-electron chi connectivity index (χ4n) is 1.49. The summed E-state index contributed by atoms with van der Waals surface area (Å²) in [5.41, 5.74) is 0.504. The maximum absolute atomic E-state index is 12.7. The molecule has 1 aromatic carbocycles. The Morgan fingerprint density at radius 2 is 2.06 bits per heavy atom. The SMILES string of the molecule is CC(OCC1CC1)C(=O)c1ccc(F)cc1. The number of ketones is 1. The quantitative estimate of drug-likeness (QED) is 0.716. The monoisotopic (exact) mass is 222 g/mol. The minimum absolute atomic E-state index is 0.0827. The molecule has 1 saturated carbocycles. The molecule has 86 valence electrons. The van der Waals surface area contributed by atoms with Crippen molar-refractivity contribution in [3.05, 3.63) is 35.6 Å². The van der Waals surface area contributed by atoms with Crippen molar-refractivity contribution in [3.8, 4) is 0 Å². The van der Waals surface area contributed by atoms with Gasteiger partial charge in [-0.1, -0.05) is 0 Å². The van der Waals surface area contributed by atoms with E-state index < -0.39 is 6.10 Å². The number of rotatable bonds is 5. The Labute approximate surface area is 94.4 Å². The van der Waals surface area contributed by atoms with Crippen molar-refractivity contribution in [2.45, 2.75) is 25.9 Å². The van der Waals surface area contributed by atoms with Crippen LogP contribution in [0.25, 0.3) is 0 Å². The molecule has 16 heavy (non-hydrogen) atoms. The smallest absolute Gasteiger partial charge is 0.191 e. The van der Waals surface area contributed by atoms with Gasteiger partial charge in [-0.15, -0.1) is 0 Å². The predicted octanol–water partition coefficient (Wildman–Crippen LogP) is 2.82. The van der Waals surface area contributed by atoms with E-state index in [1.807, 2.05) is 0 Å². The van der Waals surface area contributed by atoms with Crippen molar-refractivity contribution < 1.29 is 13.9 Å². The topological polar surface area (TPSA) is 26.3 Å². The van der Waals surface area contributed by atoms with Gasteiger partial charge in [0.1, 0.15) is 11.9 Å². The molecule has 0 radical (unpaired) electrons. The zero-order chi connectivity index (χ0) is 11.5. The average molecular weight is 222 g/mol. The number of hydrogen-bond donors (Lipinski definition) is 0. The molecule has 0 heterocycles. The Morgan fingerprint density at radius 3 is 2.62 bits per heavy atom. The number of benzene rings is 1. The number of carbonyl (C=O) groups excluding carboxylic acids is 1. The van der Waals surface area contributed by atoms with Crippen LogP contribution in [-0.4, -0.2) is 18.5 Å². The third kappa shape index (κ3) is 2.89. The summed E-state index contributed by atoms with van der Waals surface area (Å²) in [6, 6.07) is 5.57. The lowest BCUT2D eigenvalue weighted by Gasteiger charge is -2.11. The standard InChI is InChI=1S/C13H15FO2/c1-9(16-8-10-2-3-10)13(15)11-4-6-12(14)7-5-11/h4-7,9-10H,2-3,8H2,1H3. The molecule has 2 rings (SSSR count). The minimum atomic E-state index is -0.439.